The summed E-state index contributed by atoms with van der Waals surface area (Å²) in [7, 11) is 0. The standard InChI is InChI=1S/C20H20N2O4S2/c1-12-9-22(10-13(2)26-12)18(23)11-25-20(24)17-8-7-16(27-17)19-21-14-5-3-4-6-15(14)28-19/h3-8,12-13H,9-11H2,1-2H3/t12-,13+. The maximum atomic E-state index is 12.4. The van der Waals surface area contributed by atoms with Gasteiger partial charge in [0.2, 0.25) is 0 Å². The third-order valence-corrected chi connectivity index (χ3v) is 6.68. The number of morpholine rings is 1. The highest BCUT2D eigenvalue weighted by Crippen LogP contribution is 2.34. The Morgan fingerprint density at radius 3 is 2.64 bits per heavy atom. The van der Waals surface area contributed by atoms with Crippen LogP contribution in [0.3, 0.4) is 0 Å². The maximum absolute atomic E-state index is 12.4. The lowest BCUT2D eigenvalue weighted by atomic mass is 10.2. The molecule has 0 bridgehead atoms. The summed E-state index contributed by atoms with van der Waals surface area (Å²) in [6, 6.07) is 11.5. The van der Waals surface area contributed by atoms with Crippen LogP contribution in [0.1, 0.15) is 23.5 Å². The molecule has 1 aliphatic rings. The highest BCUT2D eigenvalue weighted by molar-refractivity contribution is 7.26. The number of para-hydroxylation sites is 1. The Hall–Kier alpha value is -2.29. The fraction of sp³-hybridized carbons (Fsp3) is 0.350. The van der Waals surface area contributed by atoms with Gasteiger partial charge in [-0.3, -0.25) is 4.79 Å². The van der Waals surface area contributed by atoms with Gasteiger partial charge in [-0.25, -0.2) is 9.78 Å². The summed E-state index contributed by atoms with van der Waals surface area (Å²) >= 11 is 2.91. The van der Waals surface area contributed by atoms with Gasteiger partial charge in [0.05, 0.1) is 27.3 Å². The van der Waals surface area contributed by atoms with Crippen molar-refractivity contribution in [3.63, 3.8) is 0 Å². The van der Waals surface area contributed by atoms with Gasteiger partial charge < -0.3 is 14.4 Å². The summed E-state index contributed by atoms with van der Waals surface area (Å²) in [6.45, 7) is 4.63. The van der Waals surface area contributed by atoms with E-state index in [4.69, 9.17) is 9.47 Å². The normalized spacial score (nSPS) is 19.7. The van der Waals surface area contributed by atoms with Crippen molar-refractivity contribution >= 4 is 44.8 Å². The van der Waals surface area contributed by atoms with Crippen molar-refractivity contribution < 1.29 is 19.1 Å². The summed E-state index contributed by atoms with van der Waals surface area (Å²) in [5.74, 6) is -0.682. The second kappa shape index (κ2) is 7.98. The number of amides is 1. The summed E-state index contributed by atoms with van der Waals surface area (Å²) in [5.41, 5.74) is 0.944. The number of carbonyl (C=O) groups is 2. The van der Waals surface area contributed by atoms with Crippen LogP contribution >= 0.6 is 22.7 Å². The number of aromatic nitrogens is 1. The molecule has 146 valence electrons. The van der Waals surface area contributed by atoms with E-state index in [0.29, 0.717) is 18.0 Å². The molecular formula is C20H20N2O4S2. The molecule has 6 nitrogen and oxygen atoms in total. The highest BCUT2D eigenvalue weighted by Gasteiger charge is 2.26. The minimum Gasteiger partial charge on any atom is -0.451 e. The van der Waals surface area contributed by atoms with E-state index >= 15 is 0 Å². The van der Waals surface area contributed by atoms with Gasteiger partial charge in [-0.2, -0.15) is 0 Å². The molecule has 0 aliphatic carbocycles. The minimum atomic E-state index is -0.486. The molecule has 0 spiro atoms. The predicted molar refractivity (Wildman–Crippen MR) is 110 cm³/mol. The van der Waals surface area contributed by atoms with Crippen LogP contribution in [0.2, 0.25) is 0 Å². The van der Waals surface area contributed by atoms with Gasteiger partial charge >= 0.3 is 5.97 Å². The van der Waals surface area contributed by atoms with E-state index in [1.807, 2.05) is 44.2 Å². The van der Waals surface area contributed by atoms with E-state index in [-0.39, 0.29) is 24.7 Å². The van der Waals surface area contributed by atoms with Crippen LogP contribution in [0.4, 0.5) is 0 Å². The molecule has 0 saturated carbocycles. The first-order valence-corrected chi connectivity index (χ1v) is 10.7. The molecule has 1 amide bonds. The first-order chi connectivity index (χ1) is 13.5. The van der Waals surface area contributed by atoms with E-state index in [1.54, 1.807) is 22.3 Å². The van der Waals surface area contributed by atoms with Crippen molar-refractivity contribution in [2.24, 2.45) is 0 Å². The second-order valence-electron chi connectivity index (χ2n) is 6.78. The van der Waals surface area contributed by atoms with Gasteiger partial charge in [-0.1, -0.05) is 12.1 Å². The fourth-order valence-electron chi connectivity index (χ4n) is 3.21. The van der Waals surface area contributed by atoms with Crippen molar-refractivity contribution in [1.82, 2.24) is 9.88 Å². The topological polar surface area (TPSA) is 68.7 Å². The molecule has 2 atom stereocenters. The quantitative estimate of drug-likeness (QED) is 0.605. The van der Waals surface area contributed by atoms with Crippen LogP contribution in [0, 0.1) is 0 Å². The number of nitrogens with zero attached hydrogens (tertiary/aromatic N) is 2. The molecule has 0 radical (unpaired) electrons. The second-order valence-corrected chi connectivity index (χ2v) is 8.90. The first-order valence-electron chi connectivity index (χ1n) is 9.06. The number of hydrogen-bond donors (Lipinski definition) is 0. The summed E-state index contributed by atoms with van der Waals surface area (Å²) in [5, 5.41) is 0.873. The monoisotopic (exact) mass is 416 g/mol. The van der Waals surface area contributed by atoms with E-state index in [9.17, 15) is 9.59 Å². The van der Waals surface area contributed by atoms with Crippen LogP contribution in [0.25, 0.3) is 20.1 Å². The SMILES string of the molecule is C[C@@H]1CN(C(=O)COC(=O)c2ccc(-c3nc4ccccc4s3)s2)C[C@H](C)O1. The zero-order chi connectivity index (χ0) is 19.7. The molecule has 28 heavy (non-hydrogen) atoms. The molecule has 1 aromatic carbocycles. The lowest BCUT2D eigenvalue weighted by Crippen LogP contribution is -2.49. The summed E-state index contributed by atoms with van der Waals surface area (Å²) in [4.78, 5) is 32.4. The number of carbonyl (C=O) groups excluding carboxylic acids is 2. The Kier molecular flexibility index (Phi) is 5.43. The Morgan fingerprint density at radius 1 is 1.14 bits per heavy atom. The third-order valence-electron chi connectivity index (χ3n) is 4.41. The minimum absolute atomic E-state index is 0.0166. The van der Waals surface area contributed by atoms with Crippen LogP contribution < -0.4 is 0 Å². The van der Waals surface area contributed by atoms with Crippen LogP contribution in [0.5, 0.6) is 0 Å². The number of benzene rings is 1. The van der Waals surface area contributed by atoms with E-state index in [0.717, 1.165) is 20.1 Å². The number of thiazole rings is 1. The van der Waals surface area contributed by atoms with E-state index in [1.165, 1.54) is 11.3 Å². The van der Waals surface area contributed by atoms with Gasteiger partial charge in [0.15, 0.2) is 6.61 Å². The zero-order valence-electron chi connectivity index (χ0n) is 15.6. The maximum Gasteiger partial charge on any atom is 0.348 e. The van der Waals surface area contributed by atoms with Gasteiger partial charge in [-0.15, -0.1) is 22.7 Å². The number of thiophene rings is 1. The van der Waals surface area contributed by atoms with Gasteiger partial charge in [0, 0.05) is 13.1 Å². The lowest BCUT2D eigenvalue weighted by Gasteiger charge is -2.35. The van der Waals surface area contributed by atoms with Crippen molar-refractivity contribution in [2.45, 2.75) is 26.1 Å². The van der Waals surface area contributed by atoms with Crippen molar-refractivity contribution in [3.05, 3.63) is 41.3 Å². The van der Waals surface area contributed by atoms with Gasteiger partial charge in [-0.05, 0) is 38.1 Å². The fourth-order valence-corrected chi connectivity index (χ4v) is 5.13. The molecule has 3 heterocycles. The molecule has 8 heteroatoms. The van der Waals surface area contributed by atoms with Crippen LogP contribution in [-0.2, 0) is 14.3 Å². The number of ether oxygens (including phenoxy) is 2. The Labute approximate surface area is 170 Å². The average Bonchev–Trinajstić information content (AvgIpc) is 3.31. The predicted octanol–water partition coefficient (Wildman–Crippen LogP) is 3.82. The molecule has 1 saturated heterocycles. The summed E-state index contributed by atoms with van der Waals surface area (Å²) in [6.07, 6.45) is -0.0332. The Morgan fingerprint density at radius 2 is 1.89 bits per heavy atom. The first kappa shape index (κ1) is 19.0. The lowest BCUT2D eigenvalue weighted by molar-refractivity contribution is -0.146. The number of hydrogen-bond acceptors (Lipinski definition) is 7. The molecule has 3 aromatic rings. The molecule has 0 unspecified atom stereocenters. The third kappa shape index (κ3) is 4.09. The number of fused-ring (bicyclic) bond motifs is 1. The smallest absolute Gasteiger partial charge is 0.348 e. The number of rotatable bonds is 4. The molecule has 0 N–H and O–H groups in total. The van der Waals surface area contributed by atoms with Crippen molar-refractivity contribution in [3.8, 4) is 9.88 Å². The Balaban J connectivity index is 1.38. The highest BCUT2D eigenvalue weighted by atomic mass is 32.1. The number of esters is 1. The van der Waals surface area contributed by atoms with Gasteiger partial charge in [0.25, 0.3) is 5.91 Å². The van der Waals surface area contributed by atoms with Gasteiger partial charge in [0.1, 0.15) is 9.88 Å². The van der Waals surface area contributed by atoms with Crippen LogP contribution in [0.15, 0.2) is 36.4 Å². The van der Waals surface area contributed by atoms with E-state index < -0.39 is 5.97 Å². The largest absolute Gasteiger partial charge is 0.451 e. The zero-order valence-corrected chi connectivity index (χ0v) is 17.2. The molecule has 2 aromatic heterocycles. The summed E-state index contributed by atoms with van der Waals surface area (Å²) < 4.78 is 12.0. The molecule has 4 rings (SSSR count). The van der Waals surface area contributed by atoms with Crippen molar-refractivity contribution in [2.75, 3.05) is 19.7 Å². The Bertz CT molecular complexity index is 969. The van der Waals surface area contributed by atoms with Crippen LogP contribution in [-0.4, -0.2) is 53.7 Å². The van der Waals surface area contributed by atoms with E-state index in [2.05, 4.69) is 4.98 Å². The average molecular weight is 417 g/mol. The van der Waals surface area contributed by atoms with Crippen molar-refractivity contribution in [1.29, 1.82) is 0 Å². The molecule has 1 fully saturated rings. The molecule has 1 aliphatic heterocycles. The molecular weight excluding hydrogens is 396 g/mol.